The number of hydrogen-bond acceptors (Lipinski definition) is 2. The molecule has 6 heteroatoms. The lowest BCUT2D eigenvalue weighted by Crippen LogP contribution is -2.34. The van der Waals surface area contributed by atoms with Gasteiger partial charge in [-0.05, 0) is 61.0 Å². The summed E-state index contributed by atoms with van der Waals surface area (Å²) in [4.78, 5) is 26.8. The average molecular weight is 455 g/mol. The highest BCUT2D eigenvalue weighted by Crippen LogP contribution is 2.18. The molecule has 2 amide bonds. The Hall–Kier alpha value is -2.99. The molecule has 3 rings (SSSR count). The molecule has 0 fully saturated rings. The second-order valence-corrected chi connectivity index (χ2v) is 7.33. The molecule has 0 aliphatic carbocycles. The van der Waals surface area contributed by atoms with Crippen LogP contribution >= 0.6 is 15.9 Å². The van der Waals surface area contributed by atoms with Crippen molar-refractivity contribution < 1.29 is 14.0 Å². The van der Waals surface area contributed by atoms with Crippen LogP contribution in [0.4, 0.5) is 10.1 Å². The van der Waals surface area contributed by atoms with Crippen molar-refractivity contribution >= 4 is 33.4 Å². The summed E-state index contributed by atoms with van der Waals surface area (Å²) in [7, 11) is 0. The van der Waals surface area contributed by atoms with Crippen molar-refractivity contribution in [3.63, 3.8) is 0 Å². The molecule has 0 heterocycles. The molecule has 0 atom stereocenters. The van der Waals surface area contributed by atoms with Crippen molar-refractivity contribution in [3.05, 3.63) is 100 Å². The van der Waals surface area contributed by atoms with Crippen LogP contribution in [0.1, 0.15) is 27.1 Å². The van der Waals surface area contributed by atoms with Gasteiger partial charge in [0.1, 0.15) is 5.82 Å². The van der Waals surface area contributed by atoms with Crippen LogP contribution in [0, 0.1) is 5.82 Å². The molecule has 0 saturated heterocycles. The molecule has 0 spiro atoms. The van der Waals surface area contributed by atoms with Crippen molar-refractivity contribution in [2.75, 3.05) is 18.0 Å². The topological polar surface area (TPSA) is 49.4 Å². The number of anilines is 1. The van der Waals surface area contributed by atoms with E-state index in [1.54, 1.807) is 23.1 Å². The van der Waals surface area contributed by atoms with Gasteiger partial charge in [-0.15, -0.1) is 0 Å². The van der Waals surface area contributed by atoms with E-state index in [0.717, 1.165) is 10.2 Å². The van der Waals surface area contributed by atoms with Gasteiger partial charge >= 0.3 is 0 Å². The largest absolute Gasteiger partial charge is 0.352 e. The van der Waals surface area contributed by atoms with Crippen LogP contribution in [-0.2, 0) is 0 Å². The van der Waals surface area contributed by atoms with E-state index in [-0.39, 0.29) is 17.6 Å². The van der Waals surface area contributed by atoms with E-state index in [0.29, 0.717) is 30.6 Å². The quantitative estimate of drug-likeness (QED) is 0.507. The normalized spacial score (nSPS) is 10.4. The van der Waals surface area contributed by atoms with Crippen LogP contribution in [0.15, 0.2) is 83.3 Å². The van der Waals surface area contributed by atoms with Gasteiger partial charge in [0.2, 0.25) is 0 Å². The number of carbonyl (C=O) groups is 2. The van der Waals surface area contributed by atoms with Crippen molar-refractivity contribution in [3.8, 4) is 0 Å². The first kappa shape index (κ1) is 20.7. The van der Waals surface area contributed by atoms with Crippen LogP contribution in [-0.4, -0.2) is 24.9 Å². The molecule has 0 aliphatic heterocycles. The standard InChI is InChI=1S/C23H20BrFN2O2/c24-19-7-4-6-18(16-19)22(28)26-14-5-15-27(21-8-2-1-3-9-21)23(29)17-10-12-20(25)13-11-17/h1-4,6-13,16H,5,14-15H2,(H,26,28). The number of halogens is 2. The molecule has 148 valence electrons. The molecule has 0 unspecified atom stereocenters. The van der Waals surface area contributed by atoms with E-state index in [1.807, 2.05) is 36.4 Å². The molecule has 0 bridgehead atoms. The summed E-state index contributed by atoms with van der Waals surface area (Å²) in [6.07, 6.45) is 0.571. The van der Waals surface area contributed by atoms with Crippen LogP contribution < -0.4 is 10.2 Å². The Morgan fingerprint density at radius 3 is 2.31 bits per heavy atom. The number of rotatable bonds is 7. The first-order valence-corrected chi connectivity index (χ1v) is 10.00. The number of carbonyl (C=O) groups excluding carboxylic acids is 2. The summed E-state index contributed by atoms with van der Waals surface area (Å²) >= 11 is 3.35. The number of nitrogens with zero attached hydrogens (tertiary/aromatic N) is 1. The molecular formula is C23H20BrFN2O2. The Kier molecular flexibility index (Phi) is 7.14. The Morgan fingerprint density at radius 1 is 0.897 bits per heavy atom. The molecule has 1 N–H and O–H groups in total. The zero-order valence-corrected chi connectivity index (χ0v) is 17.2. The van der Waals surface area contributed by atoms with Gasteiger partial charge in [-0.1, -0.05) is 40.2 Å². The lowest BCUT2D eigenvalue weighted by Gasteiger charge is -2.23. The fourth-order valence-corrected chi connectivity index (χ4v) is 3.27. The zero-order chi connectivity index (χ0) is 20.6. The third-order valence-corrected chi connectivity index (χ3v) is 4.83. The molecule has 29 heavy (non-hydrogen) atoms. The lowest BCUT2D eigenvalue weighted by atomic mass is 10.1. The number of para-hydroxylation sites is 1. The van der Waals surface area contributed by atoms with E-state index in [9.17, 15) is 14.0 Å². The number of hydrogen-bond donors (Lipinski definition) is 1. The zero-order valence-electron chi connectivity index (χ0n) is 15.6. The van der Waals surface area contributed by atoms with Crippen LogP contribution in [0.25, 0.3) is 0 Å². The Morgan fingerprint density at radius 2 is 1.62 bits per heavy atom. The average Bonchev–Trinajstić information content (AvgIpc) is 2.74. The van der Waals surface area contributed by atoms with Gasteiger partial charge in [0.15, 0.2) is 0 Å². The second-order valence-electron chi connectivity index (χ2n) is 6.42. The molecule has 3 aromatic rings. The summed E-state index contributed by atoms with van der Waals surface area (Å²) in [5.41, 5.74) is 1.73. The van der Waals surface area contributed by atoms with Gasteiger partial charge in [-0.3, -0.25) is 9.59 Å². The molecular weight excluding hydrogens is 435 g/mol. The third kappa shape index (κ3) is 5.74. The SMILES string of the molecule is O=C(NCCCN(C(=O)c1ccc(F)cc1)c1ccccc1)c1cccc(Br)c1. The summed E-state index contributed by atoms with van der Waals surface area (Å²) < 4.78 is 14.0. The van der Waals surface area contributed by atoms with Crippen LogP contribution in [0.5, 0.6) is 0 Å². The Bertz CT molecular complexity index is 978. The van der Waals surface area contributed by atoms with Gasteiger partial charge in [-0.25, -0.2) is 4.39 Å². The van der Waals surface area contributed by atoms with Crippen molar-refractivity contribution in [2.24, 2.45) is 0 Å². The third-order valence-electron chi connectivity index (χ3n) is 4.34. The fraction of sp³-hybridized carbons (Fsp3) is 0.130. The maximum Gasteiger partial charge on any atom is 0.258 e. The molecule has 0 saturated carbocycles. The summed E-state index contributed by atoms with van der Waals surface area (Å²) in [6, 6.07) is 21.9. The van der Waals surface area contributed by atoms with Crippen LogP contribution in [0.2, 0.25) is 0 Å². The van der Waals surface area contributed by atoms with E-state index < -0.39 is 0 Å². The molecule has 4 nitrogen and oxygen atoms in total. The molecule has 0 aliphatic rings. The minimum atomic E-state index is -0.386. The number of nitrogens with one attached hydrogen (secondary N) is 1. The molecule has 0 aromatic heterocycles. The summed E-state index contributed by atoms with van der Waals surface area (Å²) in [6.45, 7) is 0.838. The van der Waals surface area contributed by atoms with E-state index in [4.69, 9.17) is 0 Å². The molecule has 0 radical (unpaired) electrons. The van der Waals surface area contributed by atoms with Crippen LogP contribution in [0.3, 0.4) is 0 Å². The van der Waals surface area contributed by atoms with E-state index in [1.165, 1.54) is 24.3 Å². The maximum absolute atomic E-state index is 13.2. The summed E-state index contributed by atoms with van der Waals surface area (Å²) in [5.74, 6) is -0.764. The van der Waals surface area contributed by atoms with Crippen molar-refractivity contribution in [2.45, 2.75) is 6.42 Å². The van der Waals surface area contributed by atoms with Gasteiger partial charge < -0.3 is 10.2 Å². The van der Waals surface area contributed by atoms with Gasteiger partial charge in [0, 0.05) is 34.4 Å². The van der Waals surface area contributed by atoms with Gasteiger partial charge in [0.25, 0.3) is 11.8 Å². The predicted molar refractivity (Wildman–Crippen MR) is 116 cm³/mol. The van der Waals surface area contributed by atoms with Crippen molar-refractivity contribution in [1.82, 2.24) is 5.32 Å². The predicted octanol–water partition coefficient (Wildman–Crippen LogP) is 5.06. The maximum atomic E-state index is 13.2. The lowest BCUT2D eigenvalue weighted by molar-refractivity contribution is 0.0953. The smallest absolute Gasteiger partial charge is 0.258 e. The van der Waals surface area contributed by atoms with Gasteiger partial charge in [0.05, 0.1) is 0 Å². The second kappa shape index (κ2) is 9.98. The minimum absolute atomic E-state index is 0.164. The highest BCUT2D eigenvalue weighted by atomic mass is 79.9. The minimum Gasteiger partial charge on any atom is -0.352 e. The Balaban J connectivity index is 1.64. The van der Waals surface area contributed by atoms with Crippen molar-refractivity contribution in [1.29, 1.82) is 0 Å². The molecule has 3 aromatic carbocycles. The first-order valence-electron chi connectivity index (χ1n) is 9.21. The van der Waals surface area contributed by atoms with E-state index in [2.05, 4.69) is 21.2 Å². The first-order chi connectivity index (χ1) is 14.0. The number of amides is 2. The highest BCUT2D eigenvalue weighted by molar-refractivity contribution is 9.10. The highest BCUT2D eigenvalue weighted by Gasteiger charge is 2.17. The monoisotopic (exact) mass is 454 g/mol. The fourth-order valence-electron chi connectivity index (χ4n) is 2.88. The van der Waals surface area contributed by atoms with Gasteiger partial charge in [-0.2, -0.15) is 0 Å². The number of benzene rings is 3. The summed E-state index contributed by atoms with van der Waals surface area (Å²) in [5, 5.41) is 2.87. The Labute approximate surface area is 177 Å². The van der Waals surface area contributed by atoms with E-state index >= 15 is 0 Å².